The molecule has 0 saturated carbocycles. The highest BCUT2D eigenvalue weighted by Gasteiger charge is 2.21. The Balaban J connectivity index is 1.81. The summed E-state index contributed by atoms with van der Waals surface area (Å²) in [5.74, 6) is 0.363. The zero-order chi connectivity index (χ0) is 17.5. The van der Waals surface area contributed by atoms with Gasteiger partial charge in [-0.1, -0.05) is 13.8 Å². The molecule has 1 aromatic carbocycles. The minimum Gasteiger partial charge on any atom is -0.374 e. The second kappa shape index (κ2) is 8.80. The lowest BCUT2D eigenvalue weighted by atomic mass is 10.1. The summed E-state index contributed by atoms with van der Waals surface area (Å²) in [7, 11) is 0. The number of hydrogen-bond acceptors (Lipinski definition) is 4. The molecule has 0 aromatic heterocycles. The number of benzene rings is 1. The maximum atomic E-state index is 12.2. The van der Waals surface area contributed by atoms with Gasteiger partial charge in [0.15, 0.2) is 0 Å². The average molecular weight is 333 g/mol. The fourth-order valence-electron chi connectivity index (χ4n) is 2.80. The summed E-state index contributed by atoms with van der Waals surface area (Å²) < 4.78 is 5.74. The Bertz CT molecular complexity index is 557. The lowest BCUT2D eigenvalue weighted by molar-refractivity contribution is -0.114. The Labute approximate surface area is 143 Å². The third-order valence-electron chi connectivity index (χ3n) is 3.80. The van der Waals surface area contributed by atoms with E-state index in [1.165, 1.54) is 6.92 Å². The quantitative estimate of drug-likeness (QED) is 0.832. The van der Waals surface area contributed by atoms with Gasteiger partial charge in [-0.15, -0.1) is 0 Å². The number of morpholine rings is 1. The summed E-state index contributed by atoms with van der Waals surface area (Å²) in [5.41, 5.74) is 1.25. The largest absolute Gasteiger partial charge is 0.374 e. The fourth-order valence-corrected chi connectivity index (χ4v) is 2.80. The fraction of sp³-hybridized carbons (Fsp3) is 0.556. The first-order chi connectivity index (χ1) is 11.4. The van der Waals surface area contributed by atoms with Crippen molar-refractivity contribution in [2.24, 2.45) is 5.92 Å². The first-order valence-electron chi connectivity index (χ1n) is 8.44. The van der Waals surface area contributed by atoms with Crippen LogP contribution in [0.2, 0.25) is 0 Å². The maximum Gasteiger partial charge on any atom is 0.251 e. The normalized spacial score (nSPS) is 18.4. The summed E-state index contributed by atoms with van der Waals surface area (Å²) in [6.45, 7) is 9.92. The Morgan fingerprint density at radius 3 is 2.62 bits per heavy atom. The van der Waals surface area contributed by atoms with Gasteiger partial charge in [0.1, 0.15) is 0 Å². The molecule has 1 aliphatic rings. The SMILES string of the molecule is CC(=O)Nc1ccc(C(=O)NC[C@H]2CN(CC(C)C)CCO2)cc1. The van der Waals surface area contributed by atoms with Gasteiger partial charge in [0.25, 0.3) is 5.91 Å². The molecule has 0 spiro atoms. The number of amides is 2. The van der Waals surface area contributed by atoms with Crippen molar-refractivity contribution in [2.75, 3.05) is 38.1 Å². The van der Waals surface area contributed by atoms with Gasteiger partial charge < -0.3 is 15.4 Å². The molecule has 1 heterocycles. The molecule has 2 rings (SSSR count). The standard InChI is InChI=1S/C18H27N3O3/c1-13(2)11-21-8-9-24-17(12-21)10-19-18(23)15-4-6-16(7-5-15)20-14(3)22/h4-7,13,17H,8-12H2,1-3H3,(H,19,23)(H,20,22)/t17-/m0/s1. The number of anilines is 1. The van der Waals surface area contributed by atoms with Gasteiger partial charge in [-0.3, -0.25) is 14.5 Å². The van der Waals surface area contributed by atoms with E-state index in [-0.39, 0.29) is 17.9 Å². The number of carbonyl (C=O) groups excluding carboxylic acids is 2. The lowest BCUT2D eigenvalue weighted by Crippen LogP contribution is -2.48. The van der Waals surface area contributed by atoms with Crippen molar-refractivity contribution in [1.82, 2.24) is 10.2 Å². The number of ether oxygens (including phenoxy) is 1. The number of nitrogens with one attached hydrogen (secondary N) is 2. The van der Waals surface area contributed by atoms with E-state index in [1.807, 2.05) is 0 Å². The van der Waals surface area contributed by atoms with Crippen LogP contribution in [0.1, 0.15) is 31.1 Å². The molecule has 0 radical (unpaired) electrons. The van der Waals surface area contributed by atoms with Crippen molar-refractivity contribution in [3.05, 3.63) is 29.8 Å². The highest BCUT2D eigenvalue weighted by Crippen LogP contribution is 2.10. The van der Waals surface area contributed by atoms with Gasteiger partial charge in [-0.05, 0) is 30.2 Å². The lowest BCUT2D eigenvalue weighted by Gasteiger charge is -2.33. The monoisotopic (exact) mass is 333 g/mol. The molecular weight excluding hydrogens is 306 g/mol. The molecule has 0 bridgehead atoms. The van der Waals surface area contributed by atoms with E-state index >= 15 is 0 Å². The molecule has 0 unspecified atom stereocenters. The number of carbonyl (C=O) groups is 2. The second-order valence-corrected chi connectivity index (χ2v) is 6.61. The number of nitrogens with zero attached hydrogens (tertiary/aromatic N) is 1. The molecule has 1 fully saturated rings. The van der Waals surface area contributed by atoms with E-state index in [9.17, 15) is 9.59 Å². The van der Waals surface area contributed by atoms with Gasteiger partial charge in [-0.25, -0.2) is 0 Å². The van der Waals surface area contributed by atoms with Crippen LogP contribution in [0.3, 0.4) is 0 Å². The summed E-state index contributed by atoms with van der Waals surface area (Å²) in [4.78, 5) is 25.6. The van der Waals surface area contributed by atoms with Crippen LogP contribution in [0.5, 0.6) is 0 Å². The van der Waals surface area contributed by atoms with Crippen LogP contribution in [-0.2, 0) is 9.53 Å². The van der Waals surface area contributed by atoms with E-state index in [4.69, 9.17) is 4.74 Å². The third kappa shape index (κ3) is 5.94. The van der Waals surface area contributed by atoms with E-state index in [2.05, 4.69) is 29.4 Å². The van der Waals surface area contributed by atoms with Crippen molar-refractivity contribution in [1.29, 1.82) is 0 Å². The summed E-state index contributed by atoms with van der Waals surface area (Å²) >= 11 is 0. The van der Waals surface area contributed by atoms with E-state index in [1.54, 1.807) is 24.3 Å². The van der Waals surface area contributed by atoms with Crippen LogP contribution >= 0.6 is 0 Å². The zero-order valence-corrected chi connectivity index (χ0v) is 14.7. The number of rotatable bonds is 6. The Hall–Kier alpha value is -1.92. The molecule has 1 saturated heterocycles. The highest BCUT2D eigenvalue weighted by atomic mass is 16.5. The van der Waals surface area contributed by atoms with Gasteiger partial charge in [0, 0.05) is 44.4 Å². The van der Waals surface area contributed by atoms with Crippen LogP contribution in [0.15, 0.2) is 24.3 Å². The first-order valence-corrected chi connectivity index (χ1v) is 8.44. The van der Waals surface area contributed by atoms with Crippen LogP contribution < -0.4 is 10.6 Å². The Morgan fingerprint density at radius 1 is 1.29 bits per heavy atom. The van der Waals surface area contributed by atoms with Gasteiger partial charge in [-0.2, -0.15) is 0 Å². The second-order valence-electron chi connectivity index (χ2n) is 6.61. The number of hydrogen-bond donors (Lipinski definition) is 2. The predicted octanol–water partition coefficient (Wildman–Crippen LogP) is 1.73. The Morgan fingerprint density at radius 2 is 2.00 bits per heavy atom. The smallest absolute Gasteiger partial charge is 0.251 e. The molecular formula is C18H27N3O3. The summed E-state index contributed by atoms with van der Waals surface area (Å²) in [6, 6.07) is 6.84. The third-order valence-corrected chi connectivity index (χ3v) is 3.80. The van der Waals surface area contributed by atoms with Crippen molar-refractivity contribution in [3.8, 4) is 0 Å². The van der Waals surface area contributed by atoms with E-state index < -0.39 is 0 Å². The van der Waals surface area contributed by atoms with Crippen molar-refractivity contribution < 1.29 is 14.3 Å². The summed E-state index contributed by atoms with van der Waals surface area (Å²) in [6.07, 6.45) is 0.0279. The molecule has 132 valence electrons. The molecule has 24 heavy (non-hydrogen) atoms. The average Bonchev–Trinajstić information content (AvgIpc) is 2.52. The molecule has 6 nitrogen and oxygen atoms in total. The first kappa shape index (κ1) is 18.4. The summed E-state index contributed by atoms with van der Waals surface area (Å²) in [5, 5.41) is 5.60. The van der Waals surface area contributed by atoms with Gasteiger partial charge in [0.2, 0.25) is 5.91 Å². The van der Waals surface area contributed by atoms with Gasteiger partial charge >= 0.3 is 0 Å². The van der Waals surface area contributed by atoms with E-state index in [0.29, 0.717) is 30.3 Å². The molecule has 2 N–H and O–H groups in total. The minimum absolute atomic E-state index is 0.0279. The minimum atomic E-state index is -0.132. The van der Waals surface area contributed by atoms with Crippen molar-refractivity contribution in [3.63, 3.8) is 0 Å². The van der Waals surface area contributed by atoms with Crippen LogP contribution in [0.25, 0.3) is 0 Å². The van der Waals surface area contributed by atoms with Crippen molar-refractivity contribution in [2.45, 2.75) is 26.9 Å². The molecule has 1 aromatic rings. The molecule has 0 aliphatic carbocycles. The van der Waals surface area contributed by atoms with E-state index in [0.717, 1.165) is 19.6 Å². The molecule has 2 amide bonds. The molecule has 1 aliphatic heterocycles. The topological polar surface area (TPSA) is 70.7 Å². The molecule has 1 atom stereocenters. The van der Waals surface area contributed by atoms with Gasteiger partial charge in [0.05, 0.1) is 12.7 Å². The highest BCUT2D eigenvalue weighted by molar-refractivity contribution is 5.95. The predicted molar refractivity (Wildman–Crippen MR) is 94.1 cm³/mol. The maximum absolute atomic E-state index is 12.2. The van der Waals surface area contributed by atoms with Crippen molar-refractivity contribution >= 4 is 17.5 Å². The van der Waals surface area contributed by atoms with Crippen LogP contribution in [-0.4, -0.2) is 55.6 Å². The zero-order valence-electron chi connectivity index (χ0n) is 14.7. The molecule has 6 heteroatoms. The van der Waals surface area contributed by atoms with Crippen LogP contribution in [0.4, 0.5) is 5.69 Å². The Kier molecular flexibility index (Phi) is 6.75. The van der Waals surface area contributed by atoms with Crippen LogP contribution in [0, 0.1) is 5.92 Å².